The molecule has 6 N–H and O–H groups in total. The maximum atomic E-state index is 14.7. The summed E-state index contributed by atoms with van der Waals surface area (Å²) in [4.78, 5) is 20.7. The number of halogens is 1. The van der Waals surface area contributed by atoms with Gasteiger partial charge in [0.25, 0.3) is 5.91 Å². The SMILES string of the molecule is COC1=CCC(c2cncc(Nc3nc(N[C@@H]4CCCC[C@@H]4N)c(F)cc3C(N)=O)c2)C=C1. The molecule has 9 heteroatoms. The molecular formula is C24H29FN6O2. The first kappa shape index (κ1) is 22.7. The molecule has 1 amide bonds. The van der Waals surface area contributed by atoms with E-state index in [2.05, 4.69) is 26.7 Å². The molecule has 2 aliphatic rings. The van der Waals surface area contributed by atoms with Gasteiger partial charge in [0.05, 0.1) is 24.6 Å². The Bertz CT molecular complexity index is 1090. The molecule has 0 spiro atoms. The van der Waals surface area contributed by atoms with Crippen molar-refractivity contribution in [3.05, 3.63) is 65.5 Å². The summed E-state index contributed by atoms with van der Waals surface area (Å²) in [5.41, 5.74) is 13.2. The summed E-state index contributed by atoms with van der Waals surface area (Å²) >= 11 is 0. The molecule has 2 aromatic rings. The van der Waals surface area contributed by atoms with Crippen LogP contribution in [0.2, 0.25) is 0 Å². The largest absolute Gasteiger partial charge is 0.497 e. The fraction of sp³-hybridized carbons (Fsp3) is 0.375. The first-order valence-corrected chi connectivity index (χ1v) is 11.1. The highest BCUT2D eigenvalue weighted by atomic mass is 19.1. The Labute approximate surface area is 192 Å². The van der Waals surface area contributed by atoms with Crippen LogP contribution in [-0.4, -0.2) is 35.1 Å². The molecule has 1 fully saturated rings. The van der Waals surface area contributed by atoms with Crippen LogP contribution < -0.4 is 22.1 Å². The Morgan fingerprint density at radius 2 is 2.03 bits per heavy atom. The van der Waals surface area contributed by atoms with Crippen molar-refractivity contribution < 1.29 is 13.9 Å². The van der Waals surface area contributed by atoms with E-state index in [1.54, 1.807) is 19.5 Å². The van der Waals surface area contributed by atoms with Crippen LogP contribution in [0.4, 0.5) is 21.7 Å². The summed E-state index contributed by atoms with van der Waals surface area (Å²) in [5.74, 6) is -0.252. The Balaban J connectivity index is 1.58. The lowest BCUT2D eigenvalue weighted by Gasteiger charge is -2.30. The number of nitrogens with one attached hydrogen (secondary N) is 2. The van der Waals surface area contributed by atoms with Crippen LogP contribution in [0.1, 0.15) is 53.9 Å². The van der Waals surface area contributed by atoms with E-state index in [9.17, 15) is 9.18 Å². The molecular weight excluding hydrogens is 423 g/mol. The van der Waals surface area contributed by atoms with Crippen LogP contribution in [0.15, 0.2) is 48.5 Å². The number of nitrogens with two attached hydrogens (primary N) is 2. The number of amides is 1. The van der Waals surface area contributed by atoms with Crippen LogP contribution >= 0.6 is 0 Å². The maximum Gasteiger partial charge on any atom is 0.252 e. The van der Waals surface area contributed by atoms with Gasteiger partial charge in [0, 0.05) is 24.2 Å². The molecule has 0 saturated heterocycles. The number of carbonyl (C=O) groups excluding carboxylic acids is 1. The number of ether oxygens (including phenoxy) is 1. The van der Waals surface area contributed by atoms with Crippen molar-refractivity contribution >= 4 is 23.2 Å². The summed E-state index contributed by atoms with van der Waals surface area (Å²) in [5, 5.41) is 6.21. The highest BCUT2D eigenvalue weighted by Gasteiger charge is 2.24. The normalized spacial score (nSPS) is 22.4. The quantitative estimate of drug-likeness (QED) is 0.504. The molecule has 2 aromatic heterocycles. The molecule has 1 unspecified atom stereocenters. The highest BCUT2D eigenvalue weighted by Crippen LogP contribution is 2.30. The average Bonchev–Trinajstić information content (AvgIpc) is 2.82. The zero-order chi connectivity index (χ0) is 23.4. The van der Waals surface area contributed by atoms with Gasteiger partial charge >= 0.3 is 0 Å². The molecule has 4 rings (SSSR count). The fourth-order valence-electron chi connectivity index (χ4n) is 4.25. The summed E-state index contributed by atoms with van der Waals surface area (Å²) in [6.07, 6.45) is 14.0. The third-order valence-electron chi connectivity index (χ3n) is 6.13. The minimum absolute atomic E-state index is 0.0402. The number of anilines is 3. The van der Waals surface area contributed by atoms with Crippen molar-refractivity contribution in [3.63, 3.8) is 0 Å². The van der Waals surface area contributed by atoms with Crippen LogP contribution in [0.3, 0.4) is 0 Å². The fourth-order valence-corrected chi connectivity index (χ4v) is 4.25. The molecule has 2 heterocycles. The van der Waals surface area contributed by atoms with Gasteiger partial charge < -0.3 is 26.8 Å². The second-order valence-corrected chi connectivity index (χ2v) is 8.42. The number of hydrogen-bond acceptors (Lipinski definition) is 7. The number of hydrogen-bond donors (Lipinski definition) is 4. The van der Waals surface area contributed by atoms with Gasteiger partial charge in [-0.3, -0.25) is 9.78 Å². The zero-order valence-electron chi connectivity index (χ0n) is 18.6. The number of pyridine rings is 2. The average molecular weight is 453 g/mol. The monoisotopic (exact) mass is 452 g/mol. The molecule has 2 aliphatic carbocycles. The minimum atomic E-state index is -0.777. The van der Waals surface area contributed by atoms with E-state index in [1.165, 1.54) is 0 Å². The number of allylic oxidation sites excluding steroid dienone is 3. The van der Waals surface area contributed by atoms with Gasteiger partial charge in [0.1, 0.15) is 11.6 Å². The van der Waals surface area contributed by atoms with Crippen LogP contribution in [0.25, 0.3) is 0 Å². The number of methoxy groups -OCH3 is 1. The lowest BCUT2D eigenvalue weighted by Crippen LogP contribution is -2.43. The summed E-state index contributed by atoms with van der Waals surface area (Å²) in [7, 11) is 1.64. The van der Waals surface area contributed by atoms with Gasteiger partial charge in [-0.2, -0.15) is 0 Å². The summed E-state index contributed by atoms with van der Waals surface area (Å²) in [6, 6.07) is 2.87. The standard InChI is InChI=1S/C24H29FN6O2/c1-33-17-8-6-14(7-9-17)15-10-16(13-28-12-15)29-23-18(22(27)32)11-19(25)24(31-23)30-21-5-3-2-4-20(21)26/h6,8-14,20-21H,2-5,7,26H2,1H3,(H2,27,32)(H2,29,30,31)/t14?,20-,21+/m0/s1. The number of rotatable bonds is 7. The molecule has 174 valence electrons. The predicted octanol–water partition coefficient (Wildman–Crippen LogP) is 3.71. The Morgan fingerprint density at radius 1 is 1.21 bits per heavy atom. The van der Waals surface area contributed by atoms with Crippen LogP contribution in [0.5, 0.6) is 0 Å². The first-order valence-electron chi connectivity index (χ1n) is 11.1. The van der Waals surface area contributed by atoms with E-state index in [1.807, 2.05) is 18.2 Å². The number of nitrogens with zero attached hydrogens (tertiary/aromatic N) is 2. The molecule has 1 saturated carbocycles. The number of aromatic nitrogens is 2. The van der Waals surface area contributed by atoms with Gasteiger partial charge in [-0.1, -0.05) is 18.9 Å². The zero-order valence-corrected chi connectivity index (χ0v) is 18.6. The molecule has 0 aromatic carbocycles. The van der Waals surface area contributed by atoms with Gasteiger partial charge in [-0.25, -0.2) is 9.37 Å². The number of primary amides is 1. The van der Waals surface area contributed by atoms with Crippen molar-refractivity contribution in [2.24, 2.45) is 11.5 Å². The van der Waals surface area contributed by atoms with E-state index in [4.69, 9.17) is 16.2 Å². The minimum Gasteiger partial charge on any atom is -0.497 e. The topological polar surface area (TPSA) is 128 Å². The third kappa shape index (κ3) is 5.31. The van der Waals surface area contributed by atoms with Crippen LogP contribution in [0, 0.1) is 5.82 Å². The second-order valence-electron chi connectivity index (χ2n) is 8.42. The van der Waals surface area contributed by atoms with Crippen molar-refractivity contribution in [1.29, 1.82) is 0 Å². The lowest BCUT2D eigenvalue weighted by molar-refractivity contribution is 0.100. The molecule has 0 radical (unpaired) electrons. The Hall–Kier alpha value is -3.46. The first-order chi connectivity index (χ1) is 15.9. The van der Waals surface area contributed by atoms with Gasteiger partial charge in [0.15, 0.2) is 11.6 Å². The van der Waals surface area contributed by atoms with Crippen molar-refractivity contribution in [3.8, 4) is 0 Å². The van der Waals surface area contributed by atoms with Crippen molar-refractivity contribution in [2.45, 2.75) is 50.1 Å². The third-order valence-corrected chi connectivity index (χ3v) is 6.13. The van der Waals surface area contributed by atoms with Crippen molar-refractivity contribution in [2.75, 3.05) is 17.7 Å². The second kappa shape index (κ2) is 9.99. The maximum absolute atomic E-state index is 14.7. The molecule has 33 heavy (non-hydrogen) atoms. The summed E-state index contributed by atoms with van der Waals surface area (Å²) < 4.78 is 20.0. The van der Waals surface area contributed by atoms with E-state index in [0.29, 0.717) is 5.69 Å². The van der Waals surface area contributed by atoms with Gasteiger partial charge in [-0.15, -0.1) is 0 Å². The van der Waals surface area contributed by atoms with E-state index in [0.717, 1.165) is 49.5 Å². The van der Waals surface area contributed by atoms with E-state index in [-0.39, 0.29) is 35.2 Å². The molecule has 0 bridgehead atoms. The van der Waals surface area contributed by atoms with E-state index >= 15 is 0 Å². The smallest absolute Gasteiger partial charge is 0.252 e. The Kier molecular flexibility index (Phi) is 6.88. The predicted molar refractivity (Wildman–Crippen MR) is 126 cm³/mol. The highest BCUT2D eigenvalue weighted by molar-refractivity contribution is 5.98. The molecule has 3 atom stereocenters. The van der Waals surface area contributed by atoms with Gasteiger partial charge in [-0.05, 0) is 49.1 Å². The van der Waals surface area contributed by atoms with Gasteiger partial charge in [0.2, 0.25) is 0 Å². The van der Waals surface area contributed by atoms with Crippen molar-refractivity contribution in [1.82, 2.24) is 9.97 Å². The van der Waals surface area contributed by atoms with Crippen LogP contribution in [-0.2, 0) is 4.74 Å². The molecule has 0 aliphatic heterocycles. The van der Waals surface area contributed by atoms with E-state index < -0.39 is 11.7 Å². The lowest BCUT2D eigenvalue weighted by atomic mass is 9.91. The number of carbonyl (C=O) groups is 1. The Morgan fingerprint density at radius 3 is 2.73 bits per heavy atom. The molecule has 8 nitrogen and oxygen atoms in total. The summed E-state index contributed by atoms with van der Waals surface area (Å²) in [6.45, 7) is 0.